The number of carboxylic acids is 1. The molecule has 4 nitrogen and oxygen atoms in total. The van der Waals surface area contributed by atoms with Crippen LogP contribution in [0.5, 0.6) is 0 Å². The highest BCUT2D eigenvalue weighted by Gasteiger charge is 2.33. The number of hydrogen-bond donors (Lipinski definition) is 2. The van der Waals surface area contributed by atoms with Crippen LogP contribution in [0.15, 0.2) is 12.1 Å². The zero-order valence-corrected chi connectivity index (χ0v) is 10.1. The number of nitrogens with one attached hydrogen (secondary N) is 1. The predicted molar refractivity (Wildman–Crippen MR) is 61.8 cm³/mol. The quantitative estimate of drug-likeness (QED) is 0.825. The molecule has 1 aliphatic heterocycles. The molecule has 0 aromatic carbocycles. The lowest BCUT2D eigenvalue weighted by Crippen LogP contribution is -2.52. The van der Waals surface area contributed by atoms with Crippen molar-refractivity contribution in [3.63, 3.8) is 0 Å². The topological polar surface area (TPSA) is 58.6 Å². The molecular weight excluding hydrogens is 226 g/mol. The van der Waals surface area contributed by atoms with E-state index in [1.807, 2.05) is 13.0 Å². The van der Waals surface area contributed by atoms with Crippen LogP contribution in [-0.4, -0.2) is 29.8 Å². The van der Waals surface area contributed by atoms with Crippen molar-refractivity contribution in [2.24, 2.45) is 0 Å². The summed E-state index contributed by atoms with van der Waals surface area (Å²) in [5.41, 5.74) is 0. The average molecular weight is 241 g/mol. The zero-order valence-electron chi connectivity index (χ0n) is 9.27. The second-order valence-corrected chi connectivity index (χ2v) is 5.32. The summed E-state index contributed by atoms with van der Waals surface area (Å²) in [6.45, 7) is 4.40. The van der Waals surface area contributed by atoms with Crippen molar-refractivity contribution in [3.05, 3.63) is 21.9 Å². The molecule has 3 atom stereocenters. The molecule has 0 bridgehead atoms. The smallest absolute Gasteiger partial charge is 0.323 e. The SMILES string of the molecule is Cc1ccc(C2CNC(C(=O)O)C(C)O2)s1. The maximum Gasteiger partial charge on any atom is 0.323 e. The molecule has 1 aromatic heterocycles. The van der Waals surface area contributed by atoms with E-state index < -0.39 is 12.0 Å². The van der Waals surface area contributed by atoms with Gasteiger partial charge in [0.2, 0.25) is 0 Å². The number of carbonyl (C=O) groups is 1. The zero-order chi connectivity index (χ0) is 11.7. The number of aliphatic carboxylic acids is 1. The van der Waals surface area contributed by atoms with Crippen molar-refractivity contribution in [2.45, 2.75) is 32.1 Å². The van der Waals surface area contributed by atoms with Crippen LogP contribution >= 0.6 is 11.3 Å². The van der Waals surface area contributed by atoms with Gasteiger partial charge in [0, 0.05) is 16.3 Å². The van der Waals surface area contributed by atoms with Gasteiger partial charge in [-0.3, -0.25) is 10.1 Å². The first-order valence-electron chi connectivity index (χ1n) is 5.26. The fourth-order valence-corrected chi connectivity index (χ4v) is 2.78. The molecule has 5 heteroatoms. The van der Waals surface area contributed by atoms with Gasteiger partial charge in [-0.1, -0.05) is 0 Å². The Morgan fingerprint density at radius 3 is 2.88 bits per heavy atom. The molecule has 0 aliphatic carbocycles. The van der Waals surface area contributed by atoms with Crippen LogP contribution in [0.1, 0.15) is 22.8 Å². The van der Waals surface area contributed by atoms with Crippen LogP contribution in [0, 0.1) is 6.92 Å². The van der Waals surface area contributed by atoms with Crippen molar-refractivity contribution >= 4 is 17.3 Å². The summed E-state index contributed by atoms with van der Waals surface area (Å²) in [7, 11) is 0. The molecule has 0 radical (unpaired) electrons. The van der Waals surface area contributed by atoms with Gasteiger partial charge in [-0.25, -0.2) is 0 Å². The molecule has 1 aliphatic rings. The minimum atomic E-state index is -0.853. The summed E-state index contributed by atoms with van der Waals surface area (Å²) >= 11 is 1.69. The van der Waals surface area contributed by atoms with Crippen molar-refractivity contribution in [1.29, 1.82) is 0 Å². The number of carboxylic acid groups (broad SMARTS) is 1. The first kappa shape index (κ1) is 11.6. The average Bonchev–Trinajstić information content (AvgIpc) is 2.64. The Balaban J connectivity index is 2.05. The Morgan fingerprint density at radius 1 is 1.62 bits per heavy atom. The highest BCUT2D eigenvalue weighted by Crippen LogP contribution is 2.29. The number of hydrogen-bond acceptors (Lipinski definition) is 4. The molecule has 1 saturated heterocycles. The lowest BCUT2D eigenvalue weighted by atomic mass is 10.1. The molecule has 3 unspecified atom stereocenters. The first-order chi connectivity index (χ1) is 7.58. The van der Waals surface area contributed by atoms with E-state index in [0.717, 1.165) is 4.88 Å². The molecule has 0 spiro atoms. The van der Waals surface area contributed by atoms with Gasteiger partial charge in [0.05, 0.1) is 6.10 Å². The Kier molecular flexibility index (Phi) is 3.28. The second kappa shape index (κ2) is 4.53. The summed E-state index contributed by atoms with van der Waals surface area (Å²) in [4.78, 5) is 13.3. The Hall–Kier alpha value is -0.910. The monoisotopic (exact) mass is 241 g/mol. The normalized spacial score (nSPS) is 30.2. The lowest BCUT2D eigenvalue weighted by molar-refractivity contribution is -0.149. The third kappa shape index (κ3) is 2.26. The number of morpholine rings is 1. The minimum Gasteiger partial charge on any atom is -0.480 e. The van der Waals surface area contributed by atoms with Gasteiger partial charge in [0.1, 0.15) is 12.1 Å². The molecule has 1 fully saturated rings. The lowest BCUT2D eigenvalue weighted by Gasteiger charge is -2.32. The maximum absolute atomic E-state index is 10.9. The van der Waals surface area contributed by atoms with Crippen molar-refractivity contribution in [2.75, 3.05) is 6.54 Å². The van der Waals surface area contributed by atoms with Gasteiger partial charge < -0.3 is 9.84 Å². The summed E-state index contributed by atoms with van der Waals surface area (Å²) in [6.07, 6.45) is -0.331. The fourth-order valence-electron chi connectivity index (χ4n) is 1.87. The van der Waals surface area contributed by atoms with E-state index >= 15 is 0 Å². The van der Waals surface area contributed by atoms with Gasteiger partial charge in [0.25, 0.3) is 0 Å². The molecule has 2 N–H and O–H groups in total. The van der Waals surface area contributed by atoms with E-state index in [9.17, 15) is 4.79 Å². The predicted octanol–water partition coefficient (Wildman–Crippen LogP) is 1.56. The highest BCUT2D eigenvalue weighted by molar-refractivity contribution is 7.12. The van der Waals surface area contributed by atoms with Crippen molar-refractivity contribution in [3.8, 4) is 0 Å². The van der Waals surface area contributed by atoms with E-state index in [0.29, 0.717) is 6.54 Å². The number of thiophene rings is 1. The van der Waals surface area contributed by atoms with Gasteiger partial charge >= 0.3 is 5.97 Å². The highest BCUT2D eigenvalue weighted by atomic mass is 32.1. The first-order valence-corrected chi connectivity index (χ1v) is 6.07. The van der Waals surface area contributed by atoms with E-state index in [1.54, 1.807) is 18.3 Å². The molecule has 2 heterocycles. The van der Waals surface area contributed by atoms with Gasteiger partial charge in [-0.05, 0) is 26.0 Å². The number of ether oxygens (including phenoxy) is 1. The third-order valence-electron chi connectivity index (χ3n) is 2.72. The largest absolute Gasteiger partial charge is 0.480 e. The molecule has 16 heavy (non-hydrogen) atoms. The standard InChI is InChI=1S/C11H15NO3S/c1-6-3-4-9(16-6)8-5-12-10(11(13)14)7(2)15-8/h3-4,7-8,10,12H,5H2,1-2H3,(H,13,14). The summed E-state index contributed by atoms with van der Waals surface area (Å²) in [5, 5.41) is 11.9. The molecule has 1 aromatic rings. The molecular formula is C11H15NO3S. The maximum atomic E-state index is 10.9. The number of aryl methyl sites for hydroxylation is 1. The molecule has 0 amide bonds. The molecule has 2 rings (SSSR count). The van der Waals surface area contributed by atoms with E-state index in [-0.39, 0.29) is 12.2 Å². The van der Waals surface area contributed by atoms with Gasteiger partial charge in [-0.15, -0.1) is 11.3 Å². The molecule has 88 valence electrons. The van der Waals surface area contributed by atoms with Crippen LogP contribution in [0.2, 0.25) is 0 Å². The van der Waals surface area contributed by atoms with Gasteiger partial charge in [0.15, 0.2) is 0 Å². The Labute approximate surface area is 98.2 Å². The summed E-state index contributed by atoms with van der Waals surface area (Å²) < 4.78 is 5.73. The summed E-state index contributed by atoms with van der Waals surface area (Å²) in [5.74, 6) is -0.853. The van der Waals surface area contributed by atoms with E-state index in [4.69, 9.17) is 9.84 Å². The Bertz CT molecular complexity index is 390. The van der Waals surface area contributed by atoms with Crippen LogP contribution in [0.25, 0.3) is 0 Å². The van der Waals surface area contributed by atoms with E-state index in [1.165, 1.54) is 4.88 Å². The number of rotatable bonds is 2. The van der Waals surface area contributed by atoms with Crippen LogP contribution in [0.4, 0.5) is 0 Å². The van der Waals surface area contributed by atoms with E-state index in [2.05, 4.69) is 11.4 Å². The van der Waals surface area contributed by atoms with Gasteiger partial charge in [-0.2, -0.15) is 0 Å². The van der Waals surface area contributed by atoms with Crippen molar-refractivity contribution in [1.82, 2.24) is 5.32 Å². The van der Waals surface area contributed by atoms with Crippen molar-refractivity contribution < 1.29 is 14.6 Å². The second-order valence-electron chi connectivity index (χ2n) is 4.00. The van der Waals surface area contributed by atoms with Crippen LogP contribution in [0.3, 0.4) is 0 Å². The minimum absolute atomic E-state index is 0.0238. The van der Waals surface area contributed by atoms with Crippen LogP contribution in [-0.2, 0) is 9.53 Å². The molecule has 0 saturated carbocycles. The summed E-state index contributed by atoms with van der Waals surface area (Å²) in [6, 6.07) is 3.49. The van der Waals surface area contributed by atoms with Crippen LogP contribution < -0.4 is 5.32 Å². The Morgan fingerprint density at radius 2 is 2.38 bits per heavy atom. The fraction of sp³-hybridized carbons (Fsp3) is 0.545. The third-order valence-corrected chi connectivity index (χ3v) is 3.81.